The minimum Gasteiger partial charge on any atom is -0.384 e. The second kappa shape index (κ2) is 4.51. The summed E-state index contributed by atoms with van der Waals surface area (Å²) in [5.41, 5.74) is 2.61. The average Bonchev–Trinajstić information content (AvgIpc) is 2.09. The maximum Gasteiger partial charge on any atom is 0.0516 e. The molecule has 1 rings (SSSR count). The predicted molar refractivity (Wildman–Crippen MR) is 57.7 cm³/mol. The number of hydrogen-bond donors (Lipinski definition) is 1. The van der Waals surface area contributed by atoms with E-state index in [1.54, 1.807) is 0 Å². The highest BCUT2D eigenvalue weighted by Gasteiger charge is 2.02. The van der Waals surface area contributed by atoms with Crippen LogP contribution < -0.4 is 5.32 Å². The molecule has 0 radical (unpaired) electrons. The predicted octanol–water partition coefficient (Wildman–Crippen LogP) is 3.44. The van der Waals surface area contributed by atoms with E-state index in [1.165, 1.54) is 11.3 Å². The molecule has 1 aromatic rings. The third-order valence-electron chi connectivity index (χ3n) is 1.83. The molecule has 12 heavy (non-hydrogen) atoms. The maximum absolute atomic E-state index is 3.53. The highest BCUT2D eigenvalue weighted by molar-refractivity contribution is 9.10. The molecular formula is C10H14BrN. The van der Waals surface area contributed by atoms with Crippen LogP contribution in [0.1, 0.15) is 19.4 Å². The highest BCUT2D eigenvalue weighted by atomic mass is 79.9. The van der Waals surface area contributed by atoms with Gasteiger partial charge in [-0.25, -0.2) is 0 Å². The summed E-state index contributed by atoms with van der Waals surface area (Å²) in [5.74, 6) is 0. The fraction of sp³-hybridized carbons (Fsp3) is 0.400. The number of benzene rings is 1. The van der Waals surface area contributed by atoms with E-state index in [1.807, 2.05) is 0 Å². The lowest BCUT2D eigenvalue weighted by Gasteiger charge is -2.10. The van der Waals surface area contributed by atoms with Crippen molar-refractivity contribution in [2.45, 2.75) is 20.3 Å². The number of aryl methyl sites for hydroxylation is 1. The van der Waals surface area contributed by atoms with Gasteiger partial charge < -0.3 is 5.32 Å². The molecule has 0 fully saturated rings. The Balaban J connectivity index is 3.02. The van der Waals surface area contributed by atoms with Crippen molar-refractivity contribution in [3.05, 3.63) is 28.2 Å². The van der Waals surface area contributed by atoms with Crippen molar-refractivity contribution in [1.82, 2.24) is 0 Å². The van der Waals surface area contributed by atoms with E-state index in [9.17, 15) is 0 Å². The summed E-state index contributed by atoms with van der Waals surface area (Å²) in [4.78, 5) is 0. The minimum atomic E-state index is 0.968. The van der Waals surface area contributed by atoms with Crippen LogP contribution in [-0.2, 0) is 6.42 Å². The van der Waals surface area contributed by atoms with E-state index in [0.717, 1.165) is 17.4 Å². The molecule has 0 amide bonds. The molecule has 0 aliphatic rings. The molecule has 0 saturated heterocycles. The zero-order valence-electron chi connectivity index (χ0n) is 7.52. The molecule has 0 spiro atoms. The van der Waals surface area contributed by atoms with Gasteiger partial charge in [0.2, 0.25) is 0 Å². The van der Waals surface area contributed by atoms with Gasteiger partial charge >= 0.3 is 0 Å². The lowest BCUT2D eigenvalue weighted by Crippen LogP contribution is -2.00. The molecule has 0 atom stereocenters. The summed E-state index contributed by atoms with van der Waals surface area (Å²) < 4.78 is 1.16. The molecule has 0 aromatic heterocycles. The van der Waals surface area contributed by atoms with Gasteiger partial charge in [0, 0.05) is 11.0 Å². The van der Waals surface area contributed by atoms with Crippen molar-refractivity contribution in [2.75, 3.05) is 11.9 Å². The van der Waals surface area contributed by atoms with Gasteiger partial charge in [-0.1, -0.05) is 19.1 Å². The summed E-state index contributed by atoms with van der Waals surface area (Å²) in [6.07, 6.45) is 1.07. The lowest BCUT2D eigenvalue weighted by atomic mass is 10.1. The van der Waals surface area contributed by atoms with Crippen LogP contribution in [0.3, 0.4) is 0 Å². The van der Waals surface area contributed by atoms with E-state index in [2.05, 4.69) is 53.3 Å². The standard InChI is InChI=1S/C10H14BrN/c1-3-8-6-5-7-9(11)10(8)12-4-2/h5-7,12H,3-4H2,1-2H3. The molecule has 1 nitrogen and oxygen atoms in total. The SMILES string of the molecule is CCNc1c(Br)cccc1CC. The average molecular weight is 228 g/mol. The molecule has 0 unspecified atom stereocenters. The quantitative estimate of drug-likeness (QED) is 0.835. The van der Waals surface area contributed by atoms with Crippen molar-refractivity contribution in [1.29, 1.82) is 0 Å². The van der Waals surface area contributed by atoms with Crippen LogP contribution in [-0.4, -0.2) is 6.54 Å². The number of anilines is 1. The van der Waals surface area contributed by atoms with Gasteiger partial charge in [-0.05, 0) is 40.9 Å². The Morgan fingerprint density at radius 2 is 2.08 bits per heavy atom. The van der Waals surface area contributed by atoms with Crippen molar-refractivity contribution < 1.29 is 0 Å². The van der Waals surface area contributed by atoms with E-state index >= 15 is 0 Å². The Morgan fingerprint density at radius 1 is 1.33 bits per heavy atom. The molecule has 2 heteroatoms. The number of nitrogens with one attached hydrogen (secondary N) is 1. The third-order valence-corrected chi connectivity index (χ3v) is 2.50. The van der Waals surface area contributed by atoms with Crippen molar-refractivity contribution in [3.63, 3.8) is 0 Å². The second-order valence-corrected chi connectivity index (χ2v) is 3.51. The summed E-state index contributed by atoms with van der Waals surface area (Å²) in [6, 6.07) is 6.30. The van der Waals surface area contributed by atoms with Crippen LogP contribution >= 0.6 is 15.9 Å². The number of hydrogen-bond acceptors (Lipinski definition) is 1. The van der Waals surface area contributed by atoms with Gasteiger partial charge in [0.25, 0.3) is 0 Å². The first-order chi connectivity index (χ1) is 5.79. The third kappa shape index (κ3) is 2.01. The van der Waals surface area contributed by atoms with E-state index in [0.29, 0.717) is 0 Å². The molecule has 0 aliphatic carbocycles. The second-order valence-electron chi connectivity index (χ2n) is 2.66. The maximum atomic E-state index is 3.53. The van der Waals surface area contributed by atoms with E-state index in [4.69, 9.17) is 0 Å². The lowest BCUT2D eigenvalue weighted by molar-refractivity contribution is 1.11. The smallest absolute Gasteiger partial charge is 0.0516 e. The fourth-order valence-electron chi connectivity index (χ4n) is 1.24. The van der Waals surface area contributed by atoms with Crippen molar-refractivity contribution >= 4 is 21.6 Å². The number of halogens is 1. The van der Waals surface area contributed by atoms with Crippen LogP contribution in [0.25, 0.3) is 0 Å². The van der Waals surface area contributed by atoms with Gasteiger partial charge in [-0.15, -0.1) is 0 Å². The van der Waals surface area contributed by atoms with Gasteiger partial charge in [-0.3, -0.25) is 0 Å². The minimum absolute atomic E-state index is 0.968. The normalized spacial score (nSPS) is 9.92. The largest absolute Gasteiger partial charge is 0.384 e. The first-order valence-electron chi connectivity index (χ1n) is 4.30. The molecule has 1 aromatic carbocycles. The van der Waals surface area contributed by atoms with Crippen LogP contribution in [0, 0.1) is 0 Å². The Kier molecular flexibility index (Phi) is 3.60. The molecular weight excluding hydrogens is 214 g/mol. The van der Waals surface area contributed by atoms with Gasteiger partial charge in [0.1, 0.15) is 0 Å². The molecule has 66 valence electrons. The Labute approximate surface area is 82.3 Å². The Bertz CT molecular complexity index is 258. The van der Waals surface area contributed by atoms with Crippen LogP contribution in [0.5, 0.6) is 0 Å². The van der Waals surface area contributed by atoms with E-state index in [-0.39, 0.29) is 0 Å². The first-order valence-corrected chi connectivity index (χ1v) is 5.10. The molecule has 0 bridgehead atoms. The molecule has 0 aliphatic heterocycles. The zero-order valence-corrected chi connectivity index (χ0v) is 9.11. The zero-order chi connectivity index (χ0) is 8.97. The van der Waals surface area contributed by atoms with Crippen LogP contribution in [0.15, 0.2) is 22.7 Å². The highest BCUT2D eigenvalue weighted by Crippen LogP contribution is 2.26. The summed E-state index contributed by atoms with van der Waals surface area (Å²) >= 11 is 3.53. The summed E-state index contributed by atoms with van der Waals surface area (Å²) in [7, 11) is 0. The number of rotatable bonds is 3. The number of para-hydroxylation sites is 1. The van der Waals surface area contributed by atoms with Crippen molar-refractivity contribution in [2.24, 2.45) is 0 Å². The van der Waals surface area contributed by atoms with Gasteiger partial charge in [-0.2, -0.15) is 0 Å². The van der Waals surface area contributed by atoms with Gasteiger partial charge in [0.05, 0.1) is 5.69 Å². The molecule has 1 N–H and O–H groups in total. The summed E-state index contributed by atoms with van der Waals surface area (Å²) in [6.45, 7) is 5.25. The first kappa shape index (κ1) is 9.59. The van der Waals surface area contributed by atoms with Crippen LogP contribution in [0.2, 0.25) is 0 Å². The van der Waals surface area contributed by atoms with Crippen molar-refractivity contribution in [3.8, 4) is 0 Å². The topological polar surface area (TPSA) is 12.0 Å². The Morgan fingerprint density at radius 3 is 2.67 bits per heavy atom. The van der Waals surface area contributed by atoms with Gasteiger partial charge in [0.15, 0.2) is 0 Å². The molecule has 0 saturated carbocycles. The van der Waals surface area contributed by atoms with Crippen LogP contribution in [0.4, 0.5) is 5.69 Å². The Hall–Kier alpha value is -0.500. The monoisotopic (exact) mass is 227 g/mol. The molecule has 0 heterocycles. The summed E-state index contributed by atoms with van der Waals surface area (Å²) in [5, 5.41) is 3.35. The fourth-order valence-corrected chi connectivity index (χ4v) is 1.79. The van der Waals surface area contributed by atoms with E-state index < -0.39 is 0 Å².